The number of carboxylic acid groups (broad SMARTS) is 1. The Hall–Kier alpha value is -3.53. The largest absolute Gasteiger partial charge is 0.507 e. The minimum Gasteiger partial charge on any atom is -0.507 e. The number of amides is 1. The third kappa shape index (κ3) is 3.62. The zero-order valence-electron chi connectivity index (χ0n) is 12.8. The predicted octanol–water partition coefficient (Wildman–Crippen LogP) is 1.95. The van der Waals surface area contributed by atoms with Crippen LogP contribution in [0.15, 0.2) is 48.2 Å². The molecule has 2 aromatic rings. The van der Waals surface area contributed by atoms with E-state index >= 15 is 0 Å². The zero-order chi connectivity index (χ0) is 17.7. The van der Waals surface area contributed by atoms with E-state index in [-0.39, 0.29) is 11.3 Å². The van der Waals surface area contributed by atoms with Gasteiger partial charge < -0.3 is 20.8 Å². The fourth-order valence-electron chi connectivity index (χ4n) is 2.05. The molecule has 122 valence electrons. The first-order valence-electron chi connectivity index (χ1n) is 7.05. The molecular formula is C17H15N3O4. The van der Waals surface area contributed by atoms with Crippen LogP contribution in [0.1, 0.15) is 6.92 Å². The van der Waals surface area contributed by atoms with Crippen molar-refractivity contribution in [2.75, 3.05) is 5.32 Å². The number of hydrogen-bond donors (Lipinski definition) is 4. The molecule has 1 unspecified atom stereocenters. The summed E-state index contributed by atoms with van der Waals surface area (Å²) in [4.78, 5) is 22.6. The number of fused-ring (bicyclic) bond motifs is 1. The monoisotopic (exact) mass is 325 g/mol. The molecule has 7 nitrogen and oxygen atoms in total. The highest BCUT2D eigenvalue weighted by atomic mass is 16.4. The molecule has 1 amide bonds. The number of aliphatic carboxylic acids is 1. The van der Waals surface area contributed by atoms with Gasteiger partial charge in [0.25, 0.3) is 5.91 Å². The van der Waals surface area contributed by atoms with Crippen molar-refractivity contribution >= 4 is 28.3 Å². The molecule has 0 aliphatic carbocycles. The number of phenolic OH excluding ortho intramolecular Hbond substituents is 1. The van der Waals surface area contributed by atoms with Crippen molar-refractivity contribution in [2.24, 2.45) is 0 Å². The van der Waals surface area contributed by atoms with E-state index in [0.717, 1.165) is 0 Å². The van der Waals surface area contributed by atoms with Gasteiger partial charge in [0, 0.05) is 22.7 Å². The van der Waals surface area contributed by atoms with E-state index in [4.69, 9.17) is 10.4 Å². The maximum Gasteiger partial charge on any atom is 0.325 e. The molecule has 0 saturated heterocycles. The third-order valence-corrected chi connectivity index (χ3v) is 3.35. The van der Waals surface area contributed by atoms with Crippen LogP contribution in [-0.2, 0) is 9.59 Å². The summed E-state index contributed by atoms with van der Waals surface area (Å²) in [6, 6.07) is 10.8. The number of phenols is 1. The summed E-state index contributed by atoms with van der Waals surface area (Å²) in [6.45, 7) is 1.30. The van der Waals surface area contributed by atoms with E-state index in [1.165, 1.54) is 13.1 Å². The molecule has 7 heteroatoms. The normalized spacial score (nSPS) is 12.2. The lowest BCUT2D eigenvalue weighted by molar-refractivity contribution is -0.140. The molecule has 0 bridgehead atoms. The van der Waals surface area contributed by atoms with Crippen molar-refractivity contribution in [2.45, 2.75) is 13.0 Å². The molecule has 1 atom stereocenters. The topological polar surface area (TPSA) is 122 Å². The van der Waals surface area contributed by atoms with Crippen LogP contribution < -0.4 is 10.6 Å². The molecule has 2 rings (SSSR count). The number of rotatable bonds is 5. The van der Waals surface area contributed by atoms with Gasteiger partial charge in [-0.3, -0.25) is 9.59 Å². The van der Waals surface area contributed by atoms with Crippen molar-refractivity contribution in [3.05, 3.63) is 48.2 Å². The van der Waals surface area contributed by atoms with Gasteiger partial charge in [0.15, 0.2) is 0 Å². The summed E-state index contributed by atoms with van der Waals surface area (Å²) in [5.74, 6) is -1.87. The van der Waals surface area contributed by atoms with E-state index in [9.17, 15) is 14.7 Å². The summed E-state index contributed by atoms with van der Waals surface area (Å²) in [5, 5.41) is 34.1. The number of carboxylic acids is 1. The fraction of sp³-hybridized carbons (Fsp3) is 0.118. The van der Waals surface area contributed by atoms with Crippen LogP contribution in [0.2, 0.25) is 0 Å². The third-order valence-electron chi connectivity index (χ3n) is 3.35. The van der Waals surface area contributed by atoms with Crippen LogP contribution in [0.5, 0.6) is 5.75 Å². The number of carbonyl (C=O) groups is 2. The molecule has 24 heavy (non-hydrogen) atoms. The maximum atomic E-state index is 11.9. The summed E-state index contributed by atoms with van der Waals surface area (Å²) in [7, 11) is 0. The van der Waals surface area contributed by atoms with Gasteiger partial charge in [0.05, 0.1) is 0 Å². The number of hydrogen-bond acceptors (Lipinski definition) is 5. The Morgan fingerprint density at radius 1 is 1.21 bits per heavy atom. The van der Waals surface area contributed by atoms with Gasteiger partial charge >= 0.3 is 5.97 Å². The number of carbonyl (C=O) groups excluding carboxylic acids is 1. The van der Waals surface area contributed by atoms with E-state index < -0.39 is 17.9 Å². The summed E-state index contributed by atoms with van der Waals surface area (Å²) >= 11 is 0. The average molecular weight is 325 g/mol. The Labute approximate surface area is 137 Å². The number of nitriles is 1. The first kappa shape index (κ1) is 16.8. The van der Waals surface area contributed by atoms with Gasteiger partial charge in [0.2, 0.25) is 0 Å². The molecule has 0 spiro atoms. The van der Waals surface area contributed by atoms with Crippen LogP contribution >= 0.6 is 0 Å². The SMILES string of the molecule is CC(NC(=O)/C(C#N)=C\Nc1cccc2c(O)cccc12)C(=O)O. The Morgan fingerprint density at radius 3 is 2.54 bits per heavy atom. The standard InChI is InChI=1S/C17H15N3O4/c1-10(17(23)24)20-16(22)11(8-18)9-19-14-6-2-5-13-12(14)4-3-7-15(13)21/h2-7,9-10,19,21H,1H3,(H,20,22)(H,23,24)/b11-9-. The van der Waals surface area contributed by atoms with E-state index in [1.54, 1.807) is 42.5 Å². The molecule has 0 heterocycles. The number of nitrogens with one attached hydrogen (secondary N) is 2. The lowest BCUT2D eigenvalue weighted by atomic mass is 10.1. The smallest absolute Gasteiger partial charge is 0.325 e. The van der Waals surface area contributed by atoms with Crippen molar-refractivity contribution < 1.29 is 19.8 Å². The van der Waals surface area contributed by atoms with Crippen molar-refractivity contribution in [3.8, 4) is 11.8 Å². The Bertz CT molecular complexity index is 868. The molecule has 0 aliphatic rings. The highest BCUT2D eigenvalue weighted by Gasteiger charge is 2.17. The van der Waals surface area contributed by atoms with Crippen LogP contribution in [0.25, 0.3) is 10.8 Å². The second-order valence-electron chi connectivity index (χ2n) is 5.03. The van der Waals surface area contributed by atoms with Crippen LogP contribution in [0, 0.1) is 11.3 Å². The first-order valence-corrected chi connectivity index (χ1v) is 7.05. The molecular weight excluding hydrogens is 310 g/mol. The minimum absolute atomic E-state index is 0.119. The zero-order valence-corrected chi connectivity index (χ0v) is 12.8. The van der Waals surface area contributed by atoms with Crippen molar-refractivity contribution in [3.63, 3.8) is 0 Å². The summed E-state index contributed by atoms with van der Waals surface area (Å²) in [5.41, 5.74) is 0.329. The molecule has 2 aromatic carbocycles. The Kier molecular flexibility index (Phi) is 5.02. The van der Waals surface area contributed by atoms with E-state index in [0.29, 0.717) is 16.5 Å². The first-order chi connectivity index (χ1) is 11.4. The van der Waals surface area contributed by atoms with E-state index in [2.05, 4.69) is 10.6 Å². The second kappa shape index (κ2) is 7.15. The Morgan fingerprint density at radius 2 is 1.88 bits per heavy atom. The van der Waals surface area contributed by atoms with E-state index in [1.807, 2.05) is 0 Å². The van der Waals surface area contributed by atoms with Crippen LogP contribution in [-0.4, -0.2) is 28.1 Å². The van der Waals surface area contributed by atoms with Gasteiger partial charge in [-0.15, -0.1) is 0 Å². The molecule has 4 N–H and O–H groups in total. The van der Waals surface area contributed by atoms with Crippen LogP contribution in [0.4, 0.5) is 5.69 Å². The lowest BCUT2D eigenvalue weighted by Gasteiger charge is -2.10. The second-order valence-corrected chi connectivity index (χ2v) is 5.03. The van der Waals surface area contributed by atoms with Gasteiger partial charge in [-0.25, -0.2) is 0 Å². The molecule has 0 saturated carbocycles. The summed E-state index contributed by atoms with van der Waals surface area (Å²) < 4.78 is 0. The van der Waals surface area contributed by atoms with Gasteiger partial charge in [-0.1, -0.05) is 24.3 Å². The van der Waals surface area contributed by atoms with Crippen LogP contribution in [0.3, 0.4) is 0 Å². The molecule has 0 radical (unpaired) electrons. The quantitative estimate of drug-likeness (QED) is 0.492. The fourth-order valence-corrected chi connectivity index (χ4v) is 2.05. The highest BCUT2D eigenvalue weighted by Crippen LogP contribution is 2.29. The minimum atomic E-state index is -1.20. The summed E-state index contributed by atoms with van der Waals surface area (Å²) in [6.07, 6.45) is 1.20. The number of anilines is 1. The average Bonchev–Trinajstić information content (AvgIpc) is 2.56. The van der Waals surface area contributed by atoms with Gasteiger partial charge in [0.1, 0.15) is 23.4 Å². The predicted molar refractivity (Wildman–Crippen MR) is 88.2 cm³/mol. The molecule has 0 fully saturated rings. The van der Waals surface area contributed by atoms with Crippen molar-refractivity contribution in [1.29, 1.82) is 5.26 Å². The van der Waals surface area contributed by atoms with Gasteiger partial charge in [-0.05, 0) is 19.1 Å². The van der Waals surface area contributed by atoms with Gasteiger partial charge in [-0.2, -0.15) is 5.26 Å². The number of aromatic hydroxyl groups is 1. The lowest BCUT2D eigenvalue weighted by Crippen LogP contribution is -2.39. The Balaban J connectivity index is 2.26. The highest BCUT2D eigenvalue weighted by molar-refractivity contribution is 6.01. The maximum absolute atomic E-state index is 11.9. The number of nitrogens with zero attached hydrogens (tertiary/aromatic N) is 1. The van der Waals surface area contributed by atoms with Crippen molar-refractivity contribution in [1.82, 2.24) is 5.32 Å². The number of benzene rings is 2. The molecule has 0 aromatic heterocycles. The molecule has 0 aliphatic heterocycles.